The zero-order valence-corrected chi connectivity index (χ0v) is 16.0. The summed E-state index contributed by atoms with van der Waals surface area (Å²) in [6.07, 6.45) is 1.28. The highest BCUT2D eigenvalue weighted by atomic mass is 35.5. The first-order valence-corrected chi connectivity index (χ1v) is 9.26. The van der Waals surface area contributed by atoms with Crippen molar-refractivity contribution in [2.75, 3.05) is 24.3 Å². The van der Waals surface area contributed by atoms with Crippen molar-refractivity contribution in [3.63, 3.8) is 0 Å². The molecule has 1 N–H and O–H groups in total. The van der Waals surface area contributed by atoms with E-state index in [1.54, 1.807) is 0 Å². The van der Waals surface area contributed by atoms with Crippen LogP contribution in [-0.2, 0) is 4.79 Å². The molecule has 0 aliphatic carbocycles. The molecule has 1 saturated heterocycles. The minimum atomic E-state index is 0.107. The van der Waals surface area contributed by atoms with Gasteiger partial charge in [-0.3, -0.25) is 4.79 Å². The molecule has 26 heavy (non-hydrogen) atoms. The van der Waals surface area contributed by atoms with Crippen molar-refractivity contribution in [2.24, 2.45) is 0 Å². The highest BCUT2D eigenvalue weighted by molar-refractivity contribution is 6.18. The van der Waals surface area contributed by atoms with Crippen LogP contribution in [0.2, 0.25) is 0 Å². The number of hydrogen-bond donors (Lipinski definition) is 1. The molecule has 1 amide bonds. The van der Waals surface area contributed by atoms with Gasteiger partial charge in [0, 0.05) is 48.8 Å². The van der Waals surface area contributed by atoms with E-state index in [0.717, 1.165) is 30.0 Å². The van der Waals surface area contributed by atoms with Gasteiger partial charge in [-0.25, -0.2) is 19.9 Å². The minimum absolute atomic E-state index is 0.107. The van der Waals surface area contributed by atoms with Gasteiger partial charge in [-0.2, -0.15) is 0 Å². The number of aromatic nitrogens is 4. The summed E-state index contributed by atoms with van der Waals surface area (Å²) in [6, 6.07) is 3.85. The Labute approximate surface area is 158 Å². The Bertz CT molecular complexity index is 792. The zero-order chi connectivity index (χ0) is 18.7. The van der Waals surface area contributed by atoms with Crippen molar-refractivity contribution < 1.29 is 4.79 Å². The fourth-order valence-electron chi connectivity index (χ4n) is 3.23. The average Bonchev–Trinajstić information content (AvgIpc) is 3.03. The van der Waals surface area contributed by atoms with E-state index in [4.69, 9.17) is 11.6 Å². The summed E-state index contributed by atoms with van der Waals surface area (Å²) in [5.74, 6) is 2.54. The smallest absolute Gasteiger partial charge is 0.228 e. The SMILES string of the molecule is Cc1cc(C)nc(Nc2cc(C3CCN(C(=O)CCCl)C3)nc(C)n2)n1. The Morgan fingerprint density at radius 1 is 1.19 bits per heavy atom. The third-order valence-corrected chi connectivity index (χ3v) is 4.54. The van der Waals surface area contributed by atoms with Crippen molar-refractivity contribution in [3.8, 4) is 0 Å². The molecule has 0 aromatic carbocycles. The van der Waals surface area contributed by atoms with E-state index in [-0.39, 0.29) is 11.8 Å². The van der Waals surface area contributed by atoms with Crippen molar-refractivity contribution >= 4 is 29.3 Å². The second-order valence-electron chi connectivity index (χ2n) is 6.59. The van der Waals surface area contributed by atoms with Crippen LogP contribution in [0.3, 0.4) is 0 Å². The lowest BCUT2D eigenvalue weighted by Gasteiger charge is -2.16. The van der Waals surface area contributed by atoms with E-state index < -0.39 is 0 Å². The van der Waals surface area contributed by atoms with Crippen LogP contribution in [0.1, 0.15) is 41.7 Å². The fourth-order valence-corrected chi connectivity index (χ4v) is 3.39. The second kappa shape index (κ2) is 7.95. The quantitative estimate of drug-likeness (QED) is 0.810. The second-order valence-corrected chi connectivity index (χ2v) is 6.97. The molecular weight excluding hydrogens is 352 g/mol. The Kier molecular flexibility index (Phi) is 5.66. The number of likely N-dealkylation sites (tertiary alicyclic amines) is 1. The summed E-state index contributed by atoms with van der Waals surface area (Å²) in [7, 11) is 0. The third-order valence-electron chi connectivity index (χ3n) is 4.35. The maximum Gasteiger partial charge on any atom is 0.228 e. The van der Waals surface area contributed by atoms with Crippen LogP contribution in [0.4, 0.5) is 11.8 Å². The van der Waals surface area contributed by atoms with E-state index in [2.05, 4.69) is 25.3 Å². The van der Waals surface area contributed by atoms with Crippen molar-refractivity contribution in [2.45, 2.75) is 39.5 Å². The number of halogens is 1. The summed E-state index contributed by atoms with van der Waals surface area (Å²) in [4.78, 5) is 31.7. The monoisotopic (exact) mass is 374 g/mol. The van der Waals surface area contributed by atoms with Crippen LogP contribution >= 0.6 is 11.6 Å². The van der Waals surface area contributed by atoms with Crippen LogP contribution in [0.15, 0.2) is 12.1 Å². The molecule has 1 aliphatic heterocycles. The molecule has 138 valence electrons. The highest BCUT2D eigenvalue weighted by Gasteiger charge is 2.28. The van der Waals surface area contributed by atoms with Gasteiger partial charge in [-0.15, -0.1) is 11.6 Å². The highest BCUT2D eigenvalue weighted by Crippen LogP contribution is 2.28. The Hall–Kier alpha value is -2.28. The predicted octanol–water partition coefficient (Wildman–Crippen LogP) is 2.88. The topological polar surface area (TPSA) is 83.9 Å². The zero-order valence-electron chi connectivity index (χ0n) is 15.3. The predicted molar refractivity (Wildman–Crippen MR) is 101 cm³/mol. The molecule has 2 aromatic heterocycles. The largest absolute Gasteiger partial charge is 0.342 e. The standard InChI is InChI=1S/C18H23ClN6O/c1-11-8-12(2)21-18(20-11)24-16-9-15(22-13(3)23-16)14-5-7-25(10-14)17(26)4-6-19/h8-9,14H,4-7,10H2,1-3H3,(H,20,21,22,23,24). The summed E-state index contributed by atoms with van der Waals surface area (Å²) in [6.45, 7) is 7.14. The van der Waals surface area contributed by atoms with Crippen LogP contribution in [0.25, 0.3) is 0 Å². The van der Waals surface area contributed by atoms with E-state index in [1.807, 2.05) is 37.8 Å². The molecule has 0 saturated carbocycles. The van der Waals surface area contributed by atoms with Gasteiger partial charge in [-0.05, 0) is 33.3 Å². The van der Waals surface area contributed by atoms with E-state index in [0.29, 0.717) is 36.4 Å². The number of aryl methyl sites for hydroxylation is 3. The molecule has 0 spiro atoms. The molecule has 1 atom stereocenters. The van der Waals surface area contributed by atoms with Gasteiger partial charge in [0.15, 0.2) is 0 Å². The number of nitrogens with one attached hydrogen (secondary N) is 1. The van der Waals surface area contributed by atoms with Crippen molar-refractivity contribution in [1.29, 1.82) is 0 Å². The number of alkyl halides is 1. The van der Waals surface area contributed by atoms with Crippen LogP contribution in [0.5, 0.6) is 0 Å². The summed E-state index contributed by atoms with van der Waals surface area (Å²) >= 11 is 5.68. The molecular formula is C18H23ClN6O. The van der Waals surface area contributed by atoms with E-state index >= 15 is 0 Å². The molecule has 7 nitrogen and oxygen atoms in total. The molecule has 3 heterocycles. The first-order valence-electron chi connectivity index (χ1n) is 8.73. The normalized spacial score (nSPS) is 16.8. The minimum Gasteiger partial charge on any atom is -0.342 e. The number of rotatable bonds is 5. The summed E-state index contributed by atoms with van der Waals surface area (Å²) in [5.41, 5.74) is 2.73. The maximum atomic E-state index is 12.0. The molecule has 0 bridgehead atoms. The number of hydrogen-bond acceptors (Lipinski definition) is 6. The number of carbonyl (C=O) groups excluding carboxylic acids is 1. The first-order chi connectivity index (χ1) is 12.4. The van der Waals surface area contributed by atoms with Gasteiger partial charge in [-0.1, -0.05) is 0 Å². The average molecular weight is 375 g/mol. The number of nitrogens with zero attached hydrogens (tertiary/aromatic N) is 5. The maximum absolute atomic E-state index is 12.0. The van der Waals surface area contributed by atoms with Gasteiger partial charge >= 0.3 is 0 Å². The summed E-state index contributed by atoms with van der Waals surface area (Å²) in [5, 5.41) is 3.17. The number of anilines is 2. The van der Waals surface area contributed by atoms with E-state index in [1.165, 1.54) is 0 Å². The van der Waals surface area contributed by atoms with Crippen LogP contribution in [-0.4, -0.2) is 49.7 Å². The van der Waals surface area contributed by atoms with Crippen LogP contribution in [0, 0.1) is 20.8 Å². The van der Waals surface area contributed by atoms with Crippen LogP contribution < -0.4 is 5.32 Å². The van der Waals surface area contributed by atoms with Crippen molar-refractivity contribution in [3.05, 3.63) is 35.0 Å². The molecule has 3 rings (SSSR count). The number of carbonyl (C=O) groups is 1. The third kappa shape index (κ3) is 4.46. The molecule has 8 heteroatoms. The van der Waals surface area contributed by atoms with Gasteiger partial charge in [0.1, 0.15) is 11.6 Å². The lowest BCUT2D eigenvalue weighted by atomic mass is 10.0. The Morgan fingerprint density at radius 2 is 1.92 bits per heavy atom. The number of amides is 1. The molecule has 1 aliphatic rings. The first kappa shape index (κ1) is 18.5. The molecule has 2 aromatic rings. The molecule has 1 fully saturated rings. The molecule has 1 unspecified atom stereocenters. The van der Waals surface area contributed by atoms with Gasteiger partial charge < -0.3 is 10.2 Å². The van der Waals surface area contributed by atoms with Gasteiger partial charge in [0.25, 0.3) is 0 Å². The van der Waals surface area contributed by atoms with Gasteiger partial charge in [0.05, 0.1) is 5.69 Å². The lowest BCUT2D eigenvalue weighted by molar-refractivity contribution is -0.129. The lowest BCUT2D eigenvalue weighted by Crippen LogP contribution is -2.28. The summed E-state index contributed by atoms with van der Waals surface area (Å²) < 4.78 is 0. The Morgan fingerprint density at radius 3 is 2.62 bits per heavy atom. The van der Waals surface area contributed by atoms with Crippen molar-refractivity contribution in [1.82, 2.24) is 24.8 Å². The van der Waals surface area contributed by atoms with Gasteiger partial charge in [0.2, 0.25) is 11.9 Å². The van der Waals surface area contributed by atoms with E-state index in [9.17, 15) is 4.79 Å². The molecule has 0 radical (unpaired) electrons. The Balaban J connectivity index is 1.77. The fraction of sp³-hybridized carbons (Fsp3) is 0.500.